The van der Waals surface area contributed by atoms with Crippen molar-refractivity contribution in [1.82, 2.24) is 4.98 Å². The molecule has 2 aromatic carbocycles. The Kier molecular flexibility index (Phi) is 5.39. The summed E-state index contributed by atoms with van der Waals surface area (Å²) in [5.74, 6) is 0.928. The SMILES string of the molecule is COc1ccc(NC(=O)c2cccnc2Nc2cccc(Cl)c2C)cc1. The van der Waals surface area contributed by atoms with Crippen molar-refractivity contribution in [2.24, 2.45) is 0 Å². The lowest BCUT2D eigenvalue weighted by Gasteiger charge is -2.13. The van der Waals surface area contributed by atoms with Crippen LogP contribution in [0.3, 0.4) is 0 Å². The first-order valence-electron chi connectivity index (χ1n) is 8.01. The van der Waals surface area contributed by atoms with E-state index in [4.69, 9.17) is 16.3 Å². The molecule has 0 radical (unpaired) electrons. The molecule has 26 heavy (non-hydrogen) atoms. The lowest BCUT2D eigenvalue weighted by atomic mass is 10.1. The quantitative estimate of drug-likeness (QED) is 0.662. The maximum absolute atomic E-state index is 12.7. The van der Waals surface area contributed by atoms with E-state index in [1.54, 1.807) is 49.7 Å². The summed E-state index contributed by atoms with van der Waals surface area (Å²) in [6.45, 7) is 1.91. The van der Waals surface area contributed by atoms with Crippen molar-refractivity contribution in [2.45, 2.75) is 6.92 Å². The third-order valence-electron chi connectivity index (χ3n) is 3.92. The number of aromatic nitrogens is 1. The van der Waals surface area contributed by atoms with Crippen LogP contribution in [0, 0.1) is 6.92 Å². The summed E-state index contributed by atoms with van der Waals surface area (Å²) in [6, 6.07) is 16.1. The number of rotatable bonds is 5. The second kappa shape index (κ2) is 7.89. The molecule has 1 heterocycles. The number of amides is 1. The molecule has 0 aliphatic rings. The average molecular weight is 368 g/mol. The molecular formula is C20H18ClN3O2. The Morgan fingerprint density at radius 1 is 1.08 bits per heavy atom. The second-order valence-corrected chi connectivity index (χ2v) is 6.03. The van der Waals surface area contributed by atoms with E-state index in [9.17, 15) is 4.79 Å². The zero-order valence-electron chi connectivity index (χ0n) is 14.4. The van der Waals surface area contributed by atoms with Gasteiger partial charge < -0.3 is 15.4 Å². The van der Waals surface area contributed by atoms with E-state index < -0.39 is 0 Å². The van der Waals surface area contributed by atoms with Gasteiger partial charge in [-0.3, -0.25) is 4.79 Å². The van der Waals surface area contributed by atoms with Crippen molar-refractivity contribution in [2.75, 3.05) is 17.7 Å². The molecule has 0 aliphatic heterocycles. The van der Waals surface area contributed by atoms with Crippen LogP contribution < -0.4 is 15.4 Å². The second-order valence-electron chi connectivity index (χ2n) is 5.62. The Bertz CT molecular complexity index is 927. The summed E-state index contributed by atoms with van der Waals surface area (Å²) in [5.41, 5.74) is 2.79. The molecule has 132 valence electrons. The van der Waals surface area contributed by atoms with E-state index in [0.29, 0.717) is 22.1 Å². The maximum atomic E-state index is 12.7. The van der Waals surface area contributed by atoms with Gasteiger partial charge in [0.25, 0.3) is 5.91 Å². The Labute approximate surface area is 157 Å². The van der Waals surface area contributed by atoms with Gasteiger partial charge in [-0.05, 0) is 61.0 Å². The minimum Gasteiger partial charge on any atom is -0.497 e. The van der Waals surface area contributed by atoms with Gasteiger partial charge in [-0.25, -0.2) is 4.98 Å². The number of benzene rings is 2. The van der Waals surface area contributed by atoms with E-state index in [1.165, 1.54) is 0 Å². The standard InChI is InChI=1S/C20H18ClN3O2/c1-13-17(21)6-3-7-18(13)24-19-16(5-4-12-22-19)20(25)23-14-8-10-15(26-2)11-9-14/h3-12H,1-2H3,(H,22,24)(H,23,25). The van der Waals surface area contributed by atoms with Gasteiger partial charge >= 0.3 is 0 Å². The molecule has 0 saturated carbocycles. The molecule has 1 aromatic heterocycles. The van der Waals surface area contributed by atoms with Crippen molar-refractivity contribution in [1.29, 1.82) is 0 Å². The molecule has 0 atom stereocenters. The Balaban J connectivity index is 1.83. The summed E-state index contributed by atoms with van der Waals surface area (Å²) >= 11 is 6.16. The molecule has 0 fully saturated rings. The topological polar surface area (TPSA) is 63.2 Å². The fraction of sp³-hybridized carbons (Fsp3) is 0.100. The Morgan fingerprint density at radius 2 is 1.85 bits per heavy atom. The Morgan fingerprint density at radius 3 is 2.58 bits per heavy atom. The van der Waals surface area contributed by atoms with Crippen molar-refractivity contribution in [3.63, 3.8) is 0 Å². The number of nitrogens with zero attached hydrogens (tertiary/aromatic N) is 1. The first-order chi connectivity index (χ1) is 12.6. The lowest BCUT2D eigenvalue weighted by Crippen LogP contribution is -2.14. The fourth-order valence-corrected chi connectivity index (χ4v) is 2.61. The number of ether oxygens (including phenoxy) is 1. The number of methoxy groups -OCH3 is 1. The van der Waals surface area contributed by atoms with Crippen molar-refractivity contribution >= 4 is 34.7 Å². The fourth-order valence-electron chi connectivity index (χ4n) is 2.43. The normalized spacial score (nSPS) is 10.3. The predicted molar refractivity (Wildman–Crippen MR) is 105 cm³/mol. The van der Waals surface area contributed by atoms with Gasteiger partial charge in [0, 0.05) is 22.6 Å². The number of carbonyl (C=O) groups is 1. The van der Waals surface area contributed by atoms with Crippen LogP contribution in [-0.2, 0) is 0 Å². The molecule has 3 aromatic rings. The predicted octanol–water partition coefficient (Wildman–Crippen LogP) is 5.05. The van der Waals surface area contributed by atoms with Gasteiger partial charge in [0.1, 0.15) is 11.6 Å². The minimum absolute atomic E-state index is 0.259. The zero-order valence-corrected chi connectivity index (χ0v) is 15.2. The van der Waals surface area contributed by atoms with E-state index in [-0.39, 0.29) is 5.91 Å². The monoisotopic (exact) mass is 367 g/mol. The van der Waals surface area contributed by atoms with Gasteiger partial charge in [0.15, 0.2) is 0 Å². The minimum atomic E-state index is -0.259. The summed E-state index contributed by atoms with van der Waals surface area (Å²) in [7, 11) is 1.60. The first kappa shape index (κ1) is 17.8. The average Bonchev–Trinajstić information content (AvgIpc) is 2.66. The van der Waals surface area contributed by atoms with Gasteiger partial charge in [-0.1, -0.05) is 17.7 Å². The van der Waals surface area contributed by atoms with Gasteiger partial charge in [-0.15, -0.1) is 0 Å². The molecule has 0 saturated heterocycles. The third-order valence-corrected chi connectivity index (χ3v) is 4.33. The highest BCUT2D eigenvalue weighted by Crippen LogP contribution is 2.27. The van der Waals surface area contributed by atoms with Crippen LogP contribution in [0.15, 0.2) is 60.8 Å². The smallest absolute Gasteiger partial charge is 0.259 e. The van der Waals surface area contributed by atoms with E-state index in [1.807, 2.05) is 25.1 Å². The summed E-state index contributed by atoms with van der Waals surface area (Å²) in [5, 5.41) is 6.70. The summed E-state index contributed by atoms with van der Waals surface area (Å²) < 4.78 is 5.12. The van der Waals surface area contributed by atoms with Crippen LogP contribution in [0.5, 0.6) is 5.75 Å². The number of hydrogen-bond donors (Lipinski definition) is 2. The molecule has 5 nitrogen and oxygen atoms in total. The maximum Gasteiger partial charge on any atom is 0.259 e. The number of halogens is 1. The summed E-state index contributed by atoms with van der Waals surface area (Å²) in [6.07, 6.45) is 1.63. The first-order valence-corrected chi connectivity index (χ1v) is 8.39. The number of hydrogen-bond acceptors (Lipinski definition) is 4. The van der Waals surface area contributed by atoms with Crippen LogP contribution in [-0.4, -0.2) is 18.0 Å². The van der Waals surface area contributed by atoms with Crippen LogP contribution in [0.4, 0.5) is 17.2 Å². The molecule has 3 rings (SSSR count). The van der Waals surface area contributed by atoms with Crippen LogP contribution >= 0.6 is 11.6 Å². The van der Waals surface area contributed by atoms with Crippen LogP contribution in [0.2, 0.25) is 5.02 Å². The third kappa shape index (κ3) is 3.95. The highest BCUT2D eigenvalue weighted by atomic mass is 35.5. The molecule has 2 N–H and O–H groups in total. The largest absolute Gasteiger partial charge is 0.497 e. The zero-order chi connectivity index (χ0) is 18.5. The van der Waals surface area contributed by atoms with E-state index >= 15 is 0 Å². The van der Waals surface area contributed by atoms with Gasteiger partial charge in [0.05, 0.1) is 12.7 Å². The molecule has 1 amide bonds. The Hall–Kier alpha value is -3.05. The number of anilines is 3. The molecule has 0 unspecified atom stereocenters. The molecule has 0 bridgehead atoms. The van der Waals surface area contributed by atoms with Crippen molar-refractivity contribution in [3.8, 4) is 5.75 Å². The molecule has 0 spiro atoms. The van der Waals surface area contributed by atoms with E-state index in [0.717, 1.165) is 17.0 Å². The summed E-state index contributed by atoms with van der Waals surface area (Å²) in [4.78, 5) is 17.0. The van der Waals surface area contributed by atoms with Crippen LogP contribution in [0.25, 0.3) is 0 Å². The van der Waals surface area contributed by atoms with Crippen molar-refractivity contribution < 1.29 is 9.53 Å². The number of pyridine rings is 1. The van der Waals surface area contributed by atoms with Gasteiger partial charge in [-0.2, -0.15) is 0 Å². The number of carbonyl (C=O) groups excluding carboxylic acids is 1. The highest BCUT2D eigenvalue weighted by Gasteiger charge is 2.14. The number of nitrogens with one attached hydrogen (secondary N) is 2. The molecule has 6 heteroatoms. The van der Waals surface area contributed by atoms with E-state index in [2.05, 4.69) is 15.6 Å². The van der Waals surface area contributed by atoms with Crippen molar-refractivity contribution in [3.05, 3.63) is 76.9 Å². The lowest BCUT2D eigenvalue weighted by molar-refractivity contribution is 0.102. The highest BCUT2D eigenvalue weighted by molar-refractivity contribution is 6.31. The van der Waals surface area contributed by atoms with Gasteiger partial charge in [0.2, 0.25) is 0 Å². The molecular weight excluding hydrogens is 350 g/mol. The molecule has 0 aliphatic carbocycles. The van der Waals surface area contributed by atoms with Crippen LogP contribution in [0.1, 0.15) is 15.9 Å².